The van der Waals surface area contributed by atoms with Crippen LogP contribution in [0.4, 0.5) is 18.9 Å². The van der Waals surface area contributed by atoms with E-state index in [9.17, 15) is 27.6 Å². The van der Waals surface area contributed by atoms with E-state index in [4.69, 9.17) is 22.2 Å². The van der Waals surface area contributed by atoms with Crippen molar-refractivity contribution in [3.8, 4) is 5.69 Å². The predicted octanol–water partition coefficient (Wildman–Crippen LogP) is 1.93. The lowest BCUT2D eigenvalue weighted by molar-refractivity contribution is -0.163. The van der Waals surface area contributed by atoms with E-state index in [1.54, 1.807) is 0 Å². The average Bonchev–Trinajstić information content (AvgIpc) is 2.71. The Balaban J connectivity index is 1.80. The molecule has 1 amide bonds. The van der Waals surface area contributed by atoms with Crippen LogP contribution >= 0.6 is 11.6 Å². The minimum Gasteiger partial charge on any atom is -0.396 e. The number of halogens is 4. The maximum Gasteiger partial charge on any atom is 0.362 e. The molecule has 1 aromatic carbocycles. The molecule has 0 unspecified atom stereocenters. The third kappa shape index (κ3) is 4.22. The van der Waals surface area contributed by atoms with Crippen molar-refractivity contribution in [2.45, 2.75) is 13.0 Å². The number of anilines is 1. The molecule has 9 nitrogen and oxygen atoms in total. The maximum absolute atomic E-state index is 14.6. The van der Waals surface area contributed by atoms with E-state index in [1.165, 1.54) is 12.0 Å². The average molecular weight is 482 g/mol. The number of rotatable bonds is 4. The summed E-state index contributed by atoms with van der Waals surface area (Å²) in [6.45, 7) is 1.71. The number of nitrogens with zero attached hydrogens (tertiary/aromatic N) is 3. The Labute approximate surface area is 188 Å². The van der Waals surface area contributed by atoms with Gasteiger partial charge in [-0.05, 0) is 12.1 Å². The van der Waals surface area contributed by atoms with Gasteiger partial charge in [0.05, 0.1) is 35.9 Å². The number of nitrogens with two attached hydrogens (primary N) is 1. The second kappa shape index (κ2) is 8.37. The van der Waals surface area contributed by atoms with Gasteiger partial charge in [-0.1, -0.05) is 11.6 Å². The minimum absolute atomic E-state index is 0.183. The molecule has 0 radical (unpaired) electrons. The Bertz CT molecular complexity index is 1370. The van der Waals surface area contributed by atoms with Gasteiger partial charge in [0.25, 0.3) is 0 Å². The number of nitrogens with one attached hydrogen (secondary N) is 1. The SMILES string of the molecule is CC(=O)NC1CN(OC(=O)c2cn(-c3cc(N)c(F)cc3F)c3nc(Cl)c(F)cc3c2=O)C1. The van der Waals surface area contributed by atoms with Crippen LogP contribution in [0.25, 0.3) is 16.7 Å². The third-order valence-electron chi connectivity index (χ3n) is 4.90. The van der Waals surface area contributed by atoms with Crippen LogP contribution < -0.4 is 16.5 Å². The lowest BCUT2D eigenvalue weighted by atomic mass is 10.1. The Morgan fingerprint density at radius 2 is 1.88 bits per heavy atom. The van der Waals surface area contributed by atoms with Gasteiger partial charge in [-0.15, -0.1) is 5.06 Å². The number of aromatic nitrogens is 2. The molecule has 172 valence electrons. The summed E-state index contributed by atoms with van der Waals surface area (Å²) < 4.78 is 43.2. The fraction of sp³-hybridized carbons (Fsp3) is 0.200. The molecule has 1 aliphatic heterocycles. The molecule has 3 N–H and O–H groups in total. The summed E-state index contributed by atoms with van der Waals surface area (Å²) in [6, 6.07) is 1.96. The number of carbonyl (C=O) groups is 2. The first kappa shape index (κ1) is 22.6. The van der Waals surface area contributed by atoms with Crippen molar-refractivity contribution < 1.29 is 27.6 Å². The summed E-state index contributed by atoms with van der Waals surface area (Å²) in [5.74, 6) is -4.52. The van der Waals surface area contributed by atoms with Gasteiger partial charge in [0.1, 0.15) is 17.2 Å². The molecule has 0 atom stereocenters. The first-order chi connectivity index (χ1) is 15.5. The smallest absolute Gasteiger partial charge is 0.362 e. The molecule has 3 heterocycles. The van der Waals surface area contributed by atoms with Crippen LogP contribution in [0.3, 0.4) is 0 Å². The van der Waals surface area contributed by atoms with E-state index in [0.717, 1.165) is 22.9 Å². The van der Waals surface area contributed by atoms with Gasteiger partial charge >= 0.3 is 5.97 Å². The number of benzene rings is 1. The first-order valence-corrected chi connectivity index (χ1v) is 9.83. The number of hydrogen-bond acceptors (Lipinski definition) is 7. The van der Waals surface area contributed by atoms with Crippen molar-refractivity contribution in [1.82, 2.24) is 19.9 Å². The fourth-order valence-electron chi connectivity index (χ4n) is 3.33. The zero-order valence-electron chi connectivity index (χ0n) is 16.9. The van der Waals surface area contributed by atoms with Crippen molar-refractivity contribution >= 4 is 40.2 Å². The number of amides is 1. The van der Waals surface area contributed by atoms with Crippen molar-refractivity contribution in [3.05, 3.63) is 62.8 Å². The summed E-state index contributed by atoms with van der Waals surface area (Å²) in [5.41, 5.74) is 2.96. The summed E-state index contributed by atoms with van der Waals surface area (Å²) in [7, 11) is 0. The number of hydrogen-bond donors (Lipinski definition) is 2. The molecule has 1 aliphatic rings. The Hall–Kier alpha value is -3.64. The molecule has 0 bridgehead atoms. The topological polar surface area (TPSA) is 120 Å². The monoisotopic (exact) mass is 481 g/mol. The van der Waals surface area contributed by atoms with Crippen molar-refractivity contribution in [3.63, 3.8) is 0 Å². The fourth-order valence-corrected chi connectivity index (χ4v) is 3.46. The predicted molar refractivity (Wildman–Crippen MR) is 111 cm³/mol. The summed E-state index contributed by atoms with van der Waals surface area (Å²) in [6.07, 6.45) is 0.926. The summed E-state index contributed by atoms with van der Waals surface area (Å²) in [4.78, 5) is 45.6. The zero-order valence-corrected chi connectivity index (χ0v) is 17.6. The Morgan fingerprint density at radius 3 is 2.55 bits per heavy atom. The van der Waals surface area contributed by atoms with Crippen LogP contribution in [0.2, 0.25) is 5.15 Å². The van der Waals surface area contributed by atoms with Crippen LogP contribution in [-0.4, -0.2) is 45.6 Å². The van der Waals surface area contributed by atoms with Gasteiger partial charge in [0, 0.05) is 19.2 Å². The molecule has 13 heteroatoms. The van der Waals surface area contributed by atoms with Crippen LogP contribution in [0.15, 0.2) is 29.2 Å². The van der Waals surface area contributed by atoms with Gasteiger partial charge in [-0.25, -0.2) is 22.9 Å². The Morgan fingerprint density at radius 1 is 1.18 bits per heavy atom. The summed E-state index contributed by atoms with van der Waals surface area (Å²) in [5, 5.41) is 2.83. The molecule has 2 aromatic heterocycles. The largest absolute Gasteiger partial charge is 0.396 e. The lowest BCUT2D eigenvalue weighted by Crippen LogP contribution is -2.59. The summed E-state index contributed by atoms with van der Waals surface area (Å²) >= 11 is 5.73. The van der Waals surface area contributed by atoms with Gasteiger partial charge in [0.15, 0.2) is 16.6 Å². The molecule has 3 aromatic rings. The number of nitrogen functional groups attached to an aromatic ring is 1. The normalized spacial score (nSPS) is 14.2. The molecule has 0 spiro atoms. The van der Waals surface area contributed by atoms with Gasteiger partial charge in [-0.2, -0.15) is 0 Å². The van der Waals surface area contributed by atoms with Crippen molar-refractivity contribution in [1.29, 1.82) is 0 Å². The quantitative estimate of drug-likeness (QED) is 0.431. The highest BCUT2D eigenvalue weighted by Crippen LogP contribution is 2.25. The van der Waals surface area contributed by atoms with Gasteiger partial charge < -0.3 is 15.9 Å². The van der Waals surface area contributed by atoms with E-state index in [2.05, 4.69) is 10.3 Å². The minimum atomic E-state index is -1.11. The molecular weight excluding hydrogens is 467 g/mol. The molecular formula is C20H15ClF3N5O4. The molecule has 4 rings (SSSR count). The van der Waals surface area contributed by atoms with E-state index in [1.807, 2.05) is 0 Å². The highest BCUT2D eigenvalue weighted by Gasteiger charge is 2.32. The van der Waals surface area contributed by atoms with Crippen LogP contribution in [0.5, 0.6) is 0 Å². The van der Waals surface area contributed by atoms with Crippen molar-refractivity contribution in [2.75, 3.05) is 18.8 Å². The highest BCUT2D eigenvalue weighted by atomic mass is 35.5. The van der Waals surface area contributed by atoms with E-state index < -0.39 is 50.6 Å². The van der Waals surface area contributed by atoms with Gasteiger partial charge in [0.2, 0.25) is 11.3 Å². The van der Waals surface area contributed by atoms with Gasteiger partial charge in [-0.3, -0.25) is 14.2 Å². The van der Waals surface area contributed by atoms with E-state index in [0.29, 0.717) is 6.07 Å². The van der Waals surface area contributed by atoms with E-state index >= 15 is 0 Å². The molecule has 33 heavy (non-hydrogen) atoms. The second-order valence-electron chi connectivity index (χ2n) is 7.32. The van der Waals surface area contributed by atoms with Crippen LogP contribution in [-0.2, 0) is 9.63 Å². The van der Waals surface area contributed by atoms with E-state index in [-0.39, 0.29) is 36.4 Å². The lowest BCUT2D eigenvalue weighted by Gasteiger charge is -2.36. The molecule has 1 fully saturated rings. The standard InChI is InChI=1S/C20H15ClF3N5O4/c1-8(30)26-9-5-28(6-9)33-20(32)11-7-29(16-4-15(25)12(22)3-13(16)23)19-10(17(11)31)2-14(24)18(21)27-19/h2-4,7,9H,5-6,25H2,1H3,(H,26,30). The molecule has 0 aliphatic carbocycles. The molecule has 0 saturated carbocycles. The van der Waals surface area contributed by atoms with Crippen LogP contribution in [0, 0.1) is 17.5 Å². The van der Waals surface area contributed by atoms with Crippen LogP contribution in [0.1, 0.15) is 17.3 Å². The third-order valence-corrected chi connectivity index (χ3v) is 5.17. The highest BCUT2D eigenvalue weighted by molar-refractivity contribution is 6.29. The molecule has 1 saturated heterocycles. The number of hydroxylamine groups is 2. The second-order valence-corrected chi connectivity index (χ2v) is 7.68. The maximum atomic E-state index is 14.6. The number of fused-ring (bicyclic) bond motifs is 1. The number of carbonyl (C=O) groups excluding carboxylic acids is 2. The first-order valence-electron chi connectivity index (χ1n) is 9.45. The van der Waals surface area contributed by atoms with Crippen molar-refractivity contribution in [2.24, 2.45) is 0 Å². The number of pyridine rings is 2. The zero-order chi connectivity index (χ0) is 24.0. The Kier molecular flexibility index (Phi) is 5.72.